The van der Waals surface area contributed by atoms with E-state index in [2.05, 4.69) is 90.7 Å². The van der Waals surface area contributed by atoms with Gasteiger partial charge in [-0.1, -0.05) is 97.5 Å². The quantitative estimate of drug-likeness (QED) is 0.0913. The van der Waals surface area contributed by atoms with Crippen molar-refractivity contribution < 1.29 is 30.0 Å². The van der Waals surface area contributed by atoms with E-state index in [4.69, 9.17) is 0 Å². The molecule has 3 aromatic heterocycles. The Labute approximate surface area is 299 Å². The number of ketones is 1. The minimum Gasteiger partial charge on any atom is -0.512 e. The second kappa shape index (κ2) is 15.8. The summed E-state index contributed by atoms with van der Waals surface area (Å²) in [6.45, 7) is 18.8. The Bertz CT molecular complexity index is 1840. The molecule has 0 atom stereocenters. The Balaban J connectivity index is 0.000000290. The Hall–Kier alpha value is -3.18. The molecule has 2 aromatic carbocycles. The van der Waals surface area contributed by atoms with Crippen LogP contribution in [0.2, 0.25) is 0 Å². The molecule has 0 spiro atoms. The molecule has 4 nitrogen and oxygen atoms in total. The summed E-state index contributed by atoms with van der Waals surface area (Å²) in [5, 5.41) is 15.8. The van der Waals surface area contributed by atoms with E-state index in [1.54, 1.807) is 11.3 Å². The molecular weight excluding hydrogens is 777 g/mol. The third-order valence-corrected chi connectivity index (χ3v) is 10.7. The van der Waals surface area contributed by atoms with Crippen LogP contribution in [0.5, 0.6) is 0 Å². The fourth-order valence-corrected chi connectivity index (χ4v) is 6.17. The van der Waals surface area contributed by atoms with Crippen LogP contribution in [-0.2, 0) is 30.3 Å². The van der Waals surface area contributed by atoms with Crippen LogP contribution in [0.1, 0.15) is 93.6 Å². The van der Waals surface area contributed by atoms with E-state index in [-0.39, 0.29) is 47.9 Å². The predicted octanol–water partition coefficient (Wildman–Crippen LogP) is 11.9. The largest absolute Gasteiger partial charge is 0.512 e. The van der Waals surface area contributed by atoms with Gasteiger partial charge < -0.3 is 5.11 Å². The van der Waals surface area contributed by atoms with Crippen molar-refractivity contribution in [1.82, 2.24) is 9.97 Å². The maximum atomic E-state index is 12.2. The first-order valence-corrected chi connectivity index (χ1v) is 17.4. The smallest absolute Gasteiger partial charge is 0.164 e. The zero-order valence-electron chi connectivity index (χ0n) is 29.3. The maximum Gasteiger partial charge on any atom is 0.164 e. The van der Waals surface area contributed by atoms with Crippen LogP contribution in [0.25, 0.3) is 43.4 Å². The number of thiophene rings is 1. The molecule has 3 heterocycles. The minimum absolute atomic E-state index is 0. The Morgan fingerprint density at radius 2 is 1.51 bits per heavy atom. The van der Waals surface area contributed by atoms with E-state index >= 15 is 0 Å². The number of nitrogens with zero attached hydrogens (tertiary/aromatic N) is 2. The van der Waals surface area contributed by atoms with Crippen molar-refractivity contribution in [3.05, 3.63) is 95.8 Å². The van der Waals surface area contributed by atoms with Crippen molar-refractivity contribution in [2.45, 2.75) is 93.4 Å². The SMILES string of the molecule is CC(C)(C)c1cc(-c2cc(-c3cc4ccsc4cn3)ccn2)[c-]c2ccccc12.CCC(C)(CC)C(=O)/C=C(\O)C(C)(CC)CC.[Ir]. The number of carbonyl (C=O) groups is 1. The predicted molar refractivity (Wildman–Crippen MR) is 196 cm³/mol. The number of aliphatic hydroxyl groups is 1. The molecule has 0 bridgehead atoms. The summed E-state index contributed by atoms with van der Waals surface area (Å²) in [6, 6.07) is 22.7. The standard InChI is InChI=1S/C26H21N2S.C15H28O2.Ir/c1-26(2,3)22-13-20(12-17-6-4-5-7-21(17)22)24-14-18(8-10-27-24)23-15-19-9-11-29-25(19)16-28-23;1-7-14(5,8-2)12(16)11-13(17)15(6,9-3)10-4;/h4-11,13-16H,1-3H3;11,16H,7-10H2,1-6H3;/q-1;;/b;12-11-;. The van der Waals surface area contributed by atoms with Crippen molar-refractivity contribution in [2.75, 3.05) is 0 Å². The van der Waals surface area contributed by atoms with Gasteiger partial charge in [0.2, 0.25) is 0 Å². The first kappa shape index (κ1) is 38.3. The molecule has 0 saturated heterocycles. The van der Waals surface area contributed by atoms with E-state index in [1.807, 2.05) is 60.0 Å². The van der Waals surface area contributed by atoms with Crippen LogP contribution >= 0.6 is 11.3 Å². The number of pyridine rings is 2. The van der Waals surface area contributed by atoms with E-state index in [0.717, 1.165) is 53.6 Å². The number of aliphatic hydroxyl groups excluding tert-OH is 1. The number of rotatable bonds is 9. The van der Waals surface area contributed by atoms with Crippen LogP contribution in [-0.4, -0.2) is 20.9 Å². The second-order valence-corrected chi connectivity index (χ2v) is 14.7. The van der Waals surface area contributed by atoms with Gasteiger partial charge in [0.25, 0.3) is 0 Å². The normalized spacial score (nSPS) is 12.4. The molecule has 5 aromatic rings. The van der Waals surface area contributed by atoms with Gasteiger partial charge in [0.15, 0.2) is 5.78 Å². The van der Waals surface area contributed by atoms with Crippen LogP contribution in [0.15, 0.2) is 84.2 Å². The number of aromatic nitrogens is 2. The van der Waals surface area contributed by atoms with Gasteiger partial charge in [0.1, 0.15) is 5.76 Å². The summed E-state index contributed by atoms with van der Waals surface area (Å²) < 4.78 is 1.21. The molecule has 47 heavy (non-hydrogen) atoms. The fraction of sp³-hybridized carbons (Fsp3) is 0.390. The molecule has 0 aliphatic carbocycles. The average molecular weight is 826 g/mol. The molecule has 0 fully saturated rings. The van der Waals surface area contributed by atoms with Crippen LogP contribution < -0.4 is 0 Å². The van der Waals surface area contributed by atoms with Crippen molar-refractivity contribution in [3.63, 3.8) is 0 Å². The number of hydrogen-bond acceptors (Lipinski definition) is 5. The average Bonchev–Trinajstić information content (AvgIpc) is 3.55. The van der Waals surface area contributed by atoms with Crippen molar-refractivity contribution in [3.8, 4) is 22.5 Å². The molecule has 0 unspecified atom stereocenters. The molecule has 0 amide bonds. The van der Waals surface area contributed by atoms with E-state index in [9.17, 15) is 9.90 Å². The number of fused-ring (bicyclic) bond motifs is 2. The molecule has 6 heteroatoms. The Morgan fingerprint density at radius 1 is 0.851 bits per heavy atom. The number of carbonyl (C=O) groups excluding carboxylic acids is 1. The van der Waals surface area contributed by atoms with Gasteiger partial charge in [-0.15, -0.1) is 40.5 Å². The topological polar surface area (TPSA) is 63.1 Å². The number of allylic oxidation sites excluding steroid dienone is 2. The van der Waals surface area contributed by atoms with Crippen molar-refractivity contribution in [2.24, 2.45) is 10.8 Å². The van der Waals surface area contributed by atoms with Gasteiger partial charge in [-0.05, 0) is 65.6 Å². The summed E-state index contributed by atoms with van der Waals surface area (Å²) in [5.74, 6) is 0.286. The Morgan fingerprint density at radius 3 is 2.15 bits per heavy atom. The number of benzene rings is 2. The summed E-state index contributed by atoms with van der Waals surface area (Å²) in [6.07, 6.45) is 8.57. The summed E-state index contributed by atoms with van der Waals surface area (Å²) in [5.41, 5.74) is 4.73. The van der Waals surface area contributed by atoms with Gasteiger partial charge in [-0.25, -0.2) is 0 Å². The van der Waals surface area contributed by atoms with Crippen molar-refractivity contribution >= 4 is 38.0 Å². The zero-order chi connectivity index (χ0) is 33.7. The van der Waals surface area contributed by atoms with E-state index in [1.165, 1.54) is 27.1 Å². The van der Waals surface area contributed by atoms with Gasteiger partial charge in [0.05, 0.1) is 10.4 Å². The third kappa shape index (κ3) is 8.65. The number of hydrogen-bond donors (Lipinski definition) is 1. The monoisotopic (exact) mass is 826 g/mol. The van der Waals surface area contributed by atoms with Crippen LogP contribution in [0.4, 0.5) is 0 Å². The first-order chi connectivity index (χ1) is 21.8. The molecule has 251 valence electrons. The molecule has 0 saturated carbocycles. The third-order valence-electron chi connectivity index (χ3n) is 9.86. The van der Waals surface area contributed by atoms with E-state index in [0.29, 0.717) is 0 Å². The van der Waals surface area contributed by atoms with Gasteiger partial charge in [-0.2, -0.15) is 0 Å². The van der Waals surface area contributed by atoms with E-state index < -0.39 is 0 Å². The summed E-state index contributed by atoms with van der Waals surface area (Å²) >= 11 is 1.72. The molecule has 1 radical (unpaired) electrons. The van der Waals surface area contributed by atoms with Crippen molar-refractivity contribution in [1.29, 1.82) is 0 Å². The molecule has 0 aliphatic heterocycles. The second-order valence-electron chi connectivity index (χ2n) is 13.8. The van der Waals surface area contributed by atoms with Crippen LogP contribution in [0, 0.1) is 16.9 Å². The first-order valence-electron chi connectivity index (χ1n) is 16.5. The summed E-state index contributed by atoms with van der Waals surface area (Å²) in [4.78, 5) is 21.5. The maximum absolute atomic E-state index is 12.2. The Kier molecular flexibility index (Phi) is 12.9. The molecule has 0 aliphatic rings. The molecule has 5 rings (SSSR count). The van der Waals surface area contributed by atoms with Crippen LogP contribution in [0.3, 0.4) is 0 Å². The van der Waals surface area contributed by atoms with Gasteiger partial charge >= 0.3 is 0 Å². The summed E-state index contributed by atoms with van der Waals surface area (Å²) in [7, 11) is 0. The van der Waals surface area contributed by atoms with Gasteiger partial charge in [-0.3, -0.25) is 14.8 Å². The fourth-order valence-electron chi connectivity index (χ4n) is 5.43. The molecular formula is C41H49IrN2O2S-. The van der Waals surface area contributed by atoms with Gasteiger partial charge in [0, 0.05) is 55.1 Å². The molecule has 1 N–H and O–H groups in total. The minimum atomic E-state index is -0.337. The zero-order valence-corrected chi connectivity index (χ0v) is 32.5.